The number of methoxy groups -OCH3 is 1. The first kappa shape index (κ1) is 21.3. The zero-order valence-corrected chi connectivity index (χ0v) is 16.3. The van der Waals surface area contributed by atoms with Gasteiger partial charge in [-0.15, -0.1) is 12.4 Å². The fourth-order valence-corrected chi connectivity index (χ4v) is 2.59. The SMILES string of the molecule is CCCCCNCc1cccc(OC)c1OCc1ccc(C)cc1.Cl. The normalized spacial score (nSPS) is 10.2. The summed E-state index contributed by atoms with van der Waals surface area (Å²) < 4.78 is 11.6. The lowest BCUT2D eigenvalue weighted by Crippen LogP contribution is -2.15. The van der Waals surface area contributed by atoms with Gasteiger partial charge in [0, 0.05) is 12.1 Å². The lowest BCUT2D eigenvalue weighted by atomic mass is 10.1. The molecule has 4 heteroatoms. The van der Waals surface area contributed by atoms with Gasteiger partial charge in [-0.1, -0.05) is 61.7 Å². The van der Waals surface area contributed by atoms with Crippen LogP contribution in [0.1, 0.15) is 42.9 Å². The molecule has 0 radical (unpaired) electrons. The molecule has 0 saturated heterocycles. The lowest BCUT2D eigenvalue weighted by Gasteiger charge is -2.16. The molecule has 0 bridgehead atoms. The molecule has 0 aromatic heterocycles. The highest BCUT2D eigenvalue weighted by molar-refractivity contribution is 5.85. The summed E-state index contributed by atoms with van der Waals surface area (Å²) in [6.07, 6.45) is 3.72. The maximum atomic E-state index is 6.10. The Balaban J connectivity index is 0.00000312. The Bertz CT molecular complexity index is 614. The highest BCUT2D eigenvalue weighted by Gasteiger charge is 2.10. The van der Waals surface area contributed by atoms with Crippen molar-refractivity contribution in [2.24, 2.45) is 0 Å². The van der Waals surface area contributed by atoms with Gasteiger partial charge in [0.1, 0.15) is 6.61 Å². The first-order chi connectivity index (χ1) is 11.7. The van der Waals surface area contributed by atoms with Crippen LogP contribution < -0.4 is 14.8 Å². The van der Waals surface area contributed by atoms with Gasteiger partial charge in [0.2, 0.25) is 0 Å². The first-order valence-corrected chi connectivity index (χ1v) is 8.79. The Morgan fingerprint density at radius 1 is 1.00 bits per heavy atom. The van der Waals surface area contributed by atoms with Crippen molar-refractivity contribution in [3.63, 3.8) is 0 Å². The number of ether oxygens (including phenoxy) is 2. The molecular weight excluding hydrogens is 334 g/mol. The number of hydrogen-bond acceptors (Lipinski definition) is 3. The van der Waals surface area contributed by atoms with Gasteiger partial charge in [-0.25, -0.2) is 0 Å². The molecule has 0 aliphatic heterocycles. The standard InChI is InChI=1S/C21H29NO2.ClH/c1-4-5-6-14-22-15-19-8-7-9-20(23-3)21(19)24-16-18-12-10-17(2)11-13-18;/h7-13,22H,4-6,14-16H2,1-3H3;1H. The summed E-state index contributed by atoms with van der Waals surface area (Å²) in [6, 6.07) is 14.5. The second-order valence-electron chi connectivity index (χ2n) is 6.11. The van der Waals surface area contributed by atoms with Gasteiger partial charge in [-0.3, -0.25) is 0 Å². The van der Waals surface area contributed by atoms with Crippen molar-refractivity contribution in [1.29, 1.82) is 0 Å². The van der Waals surface area contributed by atoms with Crippen molar-refractivity contribution in [1.82, 2.24) is 5.32 Å². The summed E-state index contributed by atoms with van der Waals surface area (Å²) in [5, 5.41) is 3.50. The third-order valence-corrected chi connectivity index (χ3v) is 4.06. The van der Waals surface area contributed by atoms with Gasteiger partial charge >= 0.3 is 0 Å². The third-order valence-electron chi connectivity index (χ3n) is 4.06. The molecule has 0 heterocycles. The van der Waals surface area contributed by atoms with Gasteiger partial charge in [-0.05, 0) is 31.5 Å². The second kappa shape index (κ2) is 11.8. The van der Waals surface area contributed by atoms with Crippen LogP contribution in [0.25, 0.3) is 0 Å². The molecule has 2 aromatic carbocycles. The average molecular weight is 364 g/mol. The number of halogens is 1. The monoisotopic (exact) mass is 363 g/mol. The van der Waals surface area contributed by atoms with E-state index in [1.54, 1.807) is 7.11 Å². The molecule has 0 amide bonds. The number of para-hydroxylation sites is 1. The number of aryl methyl sites for hydroxylation is 1. The lowest BCUT2D eigenvalue weighted by molar-refractivity contribution is 0.280. The molecule has 3 nitrogen and oxygen atoms in total. The van der Waals surface area contributed by atoms with Crippen molar-refractivity contribution in [2.75, 3.05) is 13.7 Å². The predicted octanol–water partition coefficient (Wildman–Crippen LogP) is 5.28. The van der Waals surface area contributed by atoms with E-state index in [1.807, 2.05) is 12.1 Å². The third kappa shape index (κ3) is 6.97. The summed E-state index contributed by atoms with van der Waals surface area (Å²) in [5.41, 5.74) is 3.55. The van der Waals surface area contributed by atoms with Crippen LogP contribution in [0.15, 0.2) is 42.5 Å². The minimum absolute atomic E-state index is 0. The van der Waals surface area contributed by atoms with Crippen molar-refractivity contribution in [3.05, 3.63) is 59.2 Å². The summed E-state index contributed by atoms with van der Waals surface area (Å²) in [4.78, 5) is 0. The largest absolute Gasteiger partial charge is 0.493 e. The molecular formula is C21H30ClNO2. The van der Waals surface area contributed by atoms with E-state index in [9.17, 15) is 0 Å². The van der Waals surface area contributed by atoms with Crippen LogP contribution in [0.3, 0.4) is 0 Å². The number of rotatable bonds is 10. The fourth-order valence-electron chi connectivity index (χ4n) is 2.59. The Morgan fingerprint density at radius 3 is 2.44 bits per heavy atom. The molecule has 0 spiro atoms. The summed E-state index contributed by atoms with van der Waals surface area (Å²) >= 11 is 0. The highest BCUT2D eigenvalue weighted by Crippen LogP contribution is 2.31. The van der Waals surface area contributed by atoms with E-state index >= 15 is 0 Å². The number of unbranched alkanes of at least 4 members (excludes halogenated alkanes) is 2. The molecule has 0 unspecified atom stereocenters. The maximum Gasteiger partial charge on any atom is 0.166 e. The van der Waals surface area contributed by atoms with Crippen LogP contribution in [0.5, 0.6) is 11.5 Å². The molecule has 2 rings (SSSR count). The Hall–Kier alpha value is -1.71. The van der Waals surface area contributed by atoms with Crippen LogP contribution in [-0.2, 0) is 13.2 Å². The van der Waals surface area contributed by atoms with Crippen molar-refractivity contribution in [3.8, 4) is 11.5 Å². The van der Waals surface area contributed by atoms with Crippen LogP contribution in [-0.4, -0.2) is 13.7 Å². The molecule has 2 aromatic rings. The topological polar surface area (TPSA) is 30.5 Å². The minimum Gasteiger partial charge on any atom is -0.493 e. The van der Waals surface area contributed by atoms with Crippen molar-refractivity contribution < 1.29 is 9.47 Å². The van der Waals surface area contributed by atoms with Crippen LogP contribution in [0.2, 0.25) is 0 Å². The zero-order chi connectivity index (χ0) is 17.2. The summed E-state index contributed by atoms with van der Waals surface area (Å²) in [5.74, 6) is 1.62. The van der Waals surface area contributed by atoms with E-state index in [2.05, 4.69) is 49.5 Å². The Morgan fingerprint density at radius 2 is 1.76 bits per heavy atom. The zero-order valence-electron chi connectivity index (χ0n) is 15.5. The van der Waals surface area contributed by atoms with E-state index in [0.29, 0.717) is 6.61 Å². The predicted molar refractivity (Wildman–Crippen MR) is 107 cm³/mol. The summed E-state index contributed by atoms with van der Waals surface area (Å²) in [7, 11) is 1.69. The molecule has 0 atom stereocenters. The number of benzene rings is 2. The van der Waals surface area contributed by atoms with Crippen LogP contribution in [0, 0.1) is 6.92 Å². The van der Waals surface area contributed by atoms with Gasteiger partial charge < -0.3 is 14.8 Å². The van der Waals surface area contributed by atoms with Crippen LogP contribution >= 0.6 is 12.4 Å². The maximum absolute atomic E-state index is 6.10. The van der Waals surface area contributed by atoms with E-state index in [-0.39, 0.29) is 12.4 Å². The number of nitrogens with one attached hydrogen (secondary N) is 1. The summed E-state index contributed by atoms with van der Waals surface area (Å²) in [6.45, 7) is 6.68. The molecule has 0 aliphatic carbocycles. The van der Waals surface area contributed by atoms with E-state index in [1.165, 1.54) is 24.8 Å². The fraction of sp³-hybridized carbons (Fsp3) is 0.429. The molecule has 0 saturated carbocycles. The quantitative estimate of drug-likeness (QED) is 0.582. The molecule has 1 N–H and O–H groups in total. The Kier molecular flexibility index (Phi) is 10.0. The molecule has 0 fully saturated rings. The minimum atomic E-state index is 0. The average Bonchev–Trinajstić information content (AvgIpc) is 2.61. The highest BCUT2D eigenvalue weighted by atomic mass is 35.5. The van der Waals surface area contributed by atoms with Crippen LogP contribution in [0.4, 0.5) is 0 Å². The van der Waals surface area contributed by atoms with Gasteiger partial charge in [-0.2, -0.15) is 0 Å². The molecule has 0 aliphatic rings. The van der Waals surface area contributed by atoms with E-state index in [0.717, 1.165) is 35.7 Å². The van der Waals surface area contributed by atoms with E-state index in [4.69, 9.17) is 9.47 Å². The second-order valence-corrected chi connectivity index (χ2v) is 6.11. The number of hydrogen-bond donors (Lipinski definition) is 1. The van der Waals surface area contributed by atoms with Crippen molar-refractivity contribution in [2.45, 2.75) is 46.3 Å². The van der Waals surface area contributed by atoms with Crippen molar-refractivity contribution >= 4 is 12.4 Å². The molecule has 25 heavy (non-hydrogen) atoms. The molecule has 138 valence electrons. The van der Waals surface area contributed by atoms with Gasteiger partial charge in [0.15, 0.2) is 11.5 Å². The smallest absolute Gasteiger partial charge is 0.166 e. The van der Waals surface area contributed by atoms with Gasteiger partial charge in [0.25, 0.3) is 0 Å². The first-order valence-electron chi connectivity index (χ1n) is 8.79. The van der Waals surface area contributed by atoms with E-state index < -0.39 is 0 Å². The van der Waals surface area contributed by atoms with Gasteiger partial charge in [0.05, 0.1) is 7.11 Å². The Labute approximate surface area is 158 Å².